The van der Waals surface area contributed by atoms with Crippen LogP contribution < -0.4 is 5.32 Å². The first-order chi connectivity index (χ1) is 9.74. The van der Waals surface area contributed by atoms with Crippen molar-refractivity contribution in [3.63, 3.8) is 0 Å². The smallest absolute Gasteiger partial charge is 0.0406 e. The van der Waals surface area contributed by atoms with E-state index in [1.165, 1.54) is 37.9 Å². The van der Waals surface area contributed by atoms with E-state index in [9.17, 15) is 0 Å². The van der Waals surface area contributed by atoms with Gasteiger partial charge in [-0.25, -0.2) is 0 Å². The average Bonchev–Trinajstić information content (AvgIpc) is 2.95. The summed E-state index contributed by atoms with van der Waals surface area (Å²) in [6.07, 6.45) is 4.99. The van der Waals surface area contributed by atoms with Crippen LogP contribution >= 0.6 is 11.6 Å². The van der Waals surface area contributed by atoms with Crippen molar-refractivity contribution in [1.29, 1.82) is 0 Å². The van der Waals surface area contributed by atoms with Crippen LogP contribution in [0.4, 0.5) is 0 Å². The third-order valence-corrected chi connectivity index (χ3v) is 4.46. The molecule has 1 aromatic rings. The maximum Gasteiger partial charge on any atom is 0.0406 e. The van der Waals surface area contributed by atoms with Gasteiger partial charge in [0.05, 0.1) is 0 Å². The molecule has 1 saturated heterocycles. The van der Waals surface area contributed by atoms with Gasteiger partial charge in [0.1, 0.15) is 0 Å². The summed E-state index contributed by atoms with van der Waals surface area (Å²) in [6, 6.07) is 9.56. The van der Waals surface area contributed by atoms with Crippen LogP contribution in [0.3, 0.4) is 0 Å². The lowest BCUT2D eigenvalue weighted by Crippen LogP contribution is -2.40. The Morgan fingerprint density at radius 1 is 1.30 bits per heavy atom. The number of halogens is 1. The van der Waals surface area contributed by atoms with Gasteiger partial charge in [0, 0.05) is 23.7 Å². The van der Waals surface area contributed by atoms with Gasteiger partial charge in [0.25, 0.3) is 0 Å². The fourth-order valence-electron chi connectivity index (χ4n) is 3.25. The maximum absolute atomic E-state index is 6.01. The summed E-state index contributed by atoms with van der Waals surface area (Å²) in [5.74, 6) is 0. The van der Waals surface area contributed by atoms with Gasteiger partial charge in [-0.05, 0) is 56.5 Å². The molecule has 0 saturated carbocycles. The monoisotopic (exact) mass is 294 g/mol. The lowest BCUT2D eigenvalue weighted by Gasteiger charge is -2.33. The third kappa shape index (κ3) is 4.21. The SMILES string of the molecule is CCCN(CC1CCCN1)C(CC)c1ccc(Cl)cc1. The summed E-state index contributed by atoms with van der Waals surface area (Å²) in [5.41, 5.74) is 1.39. The van der Waals surface area contributed by atoms with Gasteiger partial charge in [0.15, 0.2) is 0 Å². The largest absolute Gasteiger partial charge is 0.313 e. The molecule has 1 heterocycles. The highest BCUT2D eigenvalue weighted by molar-refractivity contribution is 6.30. The first-order valence-corrected chi connectivity index (χ1v) is 8.35. The van der Waals surface area contributed by atoms with Crippen molar-refractivity contribution in [2.24, 2.45) is 0 Å². The van der Waals surface area contributed by atoms with Gasteiger partial charge in [-0.15, -0.1) is 0 Å². The third-order valence-electron chi connectivity index (χ3n) is 4.21. The Morgan fingerprint density at radius 3 is 2.60 bits per heavy atom. The molecule has 0 amide bonds. The van der Waals surface area contributed by atoms with Crippen molar-refractivity contribution in [3.8, 4) is 0 Å². The van der Waals surface area contributed by atoms with E-state index < -0.39 is 0 Å². The Bertz CT molecular complexity index is 384. The molecule has 1 aromatic carbocycles. The minimum Gasteiger partial charge on any atom is -0.313 e. The molecule has 20 heavy (non-hydrogen) atoms. The number of rotatable bonds is 7. The molecule has 2 nitrogen and oxygen atoms in total. The number of hydrogen-bond acceptors (Lipinski definition) is 2. The summed E-state index contributed by atoms with van der Waals surface area (Å²) in [4.78, 5) is 2.65. The first kappa shape index (κ1) is 15.8. The lowest BCUT2D eigenvalue weighted by atomic mass is 10.0. The summed E-state index contributed by atoms with van der Waals surface area (Å²) in [5, 5.41) is 4.44. The van der Waals surface area contributed by atoms with E-state index in [1.807, 2.05) is 12.1 Å². The highest BCUT2D eigenvalue weighted by Crippen LogP contribution is 2.26. The van der Waals surface area contributed by atoms with Crippen LogP contribution in [0.1, 0.15) is 51.1 Å². The average molecular weight is 295 g/mol. The molecule has 2 unspecified atom stereocenters. The quantitative estimate of drug-likeness (QED) is 0.808. The van der Waals surface area contributed by atoms with Gasteiger partial charge in [-0.2, -0.15) is 0 Å². The molecule has 1 fully saturated rings. The van der Waals surface area contributed by atoms with E-state index in [0.717, 1.165) is 18.0 Å². The zero-order valence-corrected chi connectivity index (χ0v) is 13.5. The van der Waals surface area contributed by atoms with Crippen molar-refractivity contribution in [3.05, 3.63) is 34.9 Å². The Kier molecular flexibility index (Phi) is 6.34. The van der Waals surface area contributed by atoms with Crippen LogP contribution in [0.5, 0.6) is 0 Å². The Balaban J connectivity index is 2.08. The van der Waals surface area contributed by atoms with E-state index in [4.69, 9.17) is 11.6 Å². The molecular formula is C17H27ClN2. The van der Waals surface area contributed by atoms with Crippen LogP contribution in [-0.2, 0) is 0 Å². The molecule has 0 radical (unpaired) electrons. The Labute approximate surface area is 128 Å². The summed E-state index contributed by atoms with van der Waals surface area (Å²) < 4.78 is 0. The summed E-state index contributed by atoms with van der Waals surface area (Å²) in [6.45, 7) is 8.06. The topological polar surface area (TPSA) is 15.3 Å². The van der Waals surface area contributed by atoms with Gasteiger partial charge >= 0.3 is 0 Å². The van der Waals surface area contributed by atoms with Gasteiger partial charge in [-0.3, -0.25) is 4.90 Å². The second-order valence-electron chi connectivity index (χ2n) is 5.76. The lowest BCUT2D eigenvalue weighted by molar-refractivity contribution is 0.176. The molecule has 0 bridgehead atoms. The van der Waals surface area contributed by atoms with Crippen molar-refractivity contribution in [2.45, 2.75) is 51.6 Å². The van der Waals surface area contributed by atoms with Crippen molar-refractivity contribution in [1.82, 2.24) is 10.2 Å². The predicted octanol–water partition coefficient (Wildman–Crippen LogP) is 4.26. The van der Waals surface area contributed by atoms with Crippen LogP contribution in [-0.4, -0.2) is 30.6 Å². The molecule has 1 aliphatic heterocycles. The molecule has 2 atom stereocenters. The number of nitrogens with one attached hydrogen (secondary N) is 1. The summed E-state index contributed by atoms with van der Waals surface area (Å²) >= 11 is 6.01. The molecule has 1 aliphatic rings. The minimum atomic E-state index is 0.509. The molecule has 0 aromatic heterocycles. The standard InChI is InChI=1S/C17H27ClN2/c1-3-12-20(13-16-6-5-11-19-16)17(4-2)14-7-9-15(18)10-8-14/h7-10,16-17,19H,3-6,11-13H2,1-2H3. The fourth-order valence-corrected chi connectivity index (χ4v) is 3.37. The van der Waals surface area contributed by atoms with E-state index in [-0.39, 0.29) is 0 Å². The van der Waals surface area contributed by atoms with E-state index >= 15 is 0 Å². The van der Waals surface area contributed by atoms with Crippen LogP contribution in [0.25, 0.3) is 0 Å². The normalized spacial score (nSPS) is 20.5. The number of hydrogen-bond donors (Lipinski definition) is 1. The second kappa shape index (κ2) is 8.02. The predicted molar refractivity (Wildman–Crippen MR) is 87.4 cm³/mol. The van der Waals surface area contributed by atoms with Crippen LogP contribution in [0.2, 0.25) is 5.02 Å². The zero-order valence-electron chi connectivity index (χ0n) is 12.7. The highest BCUT2D eigenvalue weighted by atomic mass is 35.5. The zero-order chi connectivity index (χ0) is 14.4. The Morgan fingerprint density at radius 2 is 2.05 bits per heavy atom. The molecule has 0 aliphatic carbocycles. The molecule has 3 heteroatoms. The van der Waals surface area contributed by atoms with Gasteiger partial charge in [-0.1, -0.05) is 37.6 Å². The molecule has 112 valence electrons. The Hall–Kier alpha value is -0.570. The maximum atomic E-state index is 6.01. The van der Waals surface area contributed by atoms with E-state index in [2.05, 4.69) is 36.2 Å². The molecule has 0 spiro atoms. The van der Waals surface area contributed by atoms with Crippen molar-refractivity contribution in [2.75, 3.05) is 19.6 Å². The molecule has 2 rings (SSSR count). The van der Waals surface area contributed by atoms with Gasteiger partial charge < -0.3 is 5.32 Å². The number of benzene rings is 1. The molecule has 1 N–H and O–H groups in total. The fraction of sp³-hybridized carbons (Fsp3) is 0.647. The summed E-state index contributed by atoms with van der Waals surface area (Å²) in [7, 11) is 0. The van der Waals surface area contributed by atoms with E-state index in [1.54, 1.807) is 0 Å². The van der Waals surface area contributed by atoms with E-state index in [0.29, 0.717) is 12.1 Å². The van der Waals surface area contributed by atoms with Crippen LogP contribution in [0, 0.1) is 0 Å². The van der Waals surface area contributed by atoms with Crippen molar-refractivity contribution < 1.29 is 0 Å². The van der Waals surface area contributed by atoms with Crippen LogP contribution in [0.15, 0.2) is 24.3 Å². The second-order valence-corrected chi connectivity index (χ2v) is 6.20. The molecular weight excluding hydrogens is 268 g/mol. The van der Waals surface area contributed by atoms with Crippen molar-refractivity contribution >= 4 is 11.6 Å². The first-order valence-electron chi connectivity index (χ1n) is 7.97. The number of nitrogens with zero attached hydrogens (tertiary/aromatic N) is 1. The highest BCUT2D eigenvalue weighted by Gasteiger charge is 2.23. The minimum absolute atomic E-state index is 0.509. The van der Waals surface area contributed by atoms with Gasteiger partial charge in [0.2, 0.25) is 0 Å².